The van der Waals surface area contributed by atoms with Gasteiger partial charge in [0.1, 0.15) is 0 Å². The van der Waals surface area contributed by atoms with E-state index in [2.05, 4.69) is 24.1 Å². The summed E-state index contributed by atoms with van der Waals surface area (Å²) in [5, 5.41) is 12.2. The number of aliphatic carboxylic acids is 1. The van der Waals surface area contributed by atoms with Crippen LogP contribution in [0.15, 0.2) is 0 Å². The zero-order chi connectivity index (χ0) is 16.2. The van der Waals surface area contributed by atoms with Crippen LogP contribution in [0.2, 0.25) is 0 Å². The third-order valence-electron chi connectivity index (χ3n) is 4.00. The van der Waals surface area contributed by atoms with E-state index in [1.54, 1.807) is 4.90 Å². The molecule has 21 heavy (non-hydrogen) atoms. The lowest BCUT2D eigenvalue weighted by Crippen LogP contribution is -2.50. The Labute approximate surface area is 127 Å². The zero-order valence-electron chi connectivity index (χ0n) is 13.8. The first-order valence-corrected chi connectivity index (χ1v) is 7.67. The van der Waals surface area contributed by atoms with Gasteiger partial charge in [0, 0.05) is 25.2 Å². The minimum Gasteiger partial charge on any atom is -0.481 e. The number of nitrogens with zero attached hydrogens (tertiary/aromatic N) is 2. The number of amides is 2. The van der Waals surface area contributed by atoms with Crippen LogP contribution in [0.3, 0.4) is 0 Å². The molecule has 1 aliphatic heterocycles. The summed E-state index contributed by atoms with van der Waals surface area (Å²) >= 11 is 0. The third kappa shape index (κ3) is 5.19. The molecule has 0 aromatic rings. The average molecular weight is 299 g/mol. The number of hydrogen-bond acceptors (Lipinski definition) is 3. The molecule has 1 fully saturated rings. The summed E-state index contributed by atoms with van der Waals surface area (Å²) in [4.78, 5) is 27.2. The number of nitrogens with one attached hydrogen (secondary N) is 1. The van der Waals surface area contributed by atoms with Crippen molar-refractivity contribution in [2.45, 2.75) is 45.7 Å². The highest BCUT2D eigenvalue weighted by atomic mass is 16.4. The Kier molecular flexibility index (Phi) is 6.45. The smallest absolute Gasteiger partial charge is 0.317 e. The molecule has 0 aromatic heterocycles. The van der Waals surface area contributed by atoms with Crippen molar-refractivity contribution in [2.75, 3.05) is 27.2 Å². The van der Waals surface area contributed by atoms with Crippen LogP contribution in [0.1, 0.15) is 33.6 Å². The topological polar surface area (TPSA) is 72.9 Å². The number of likely N-dealkylation sites (tertiary alicyclic amines) is 1. The van der Waals surface area contributed by atoms with Gasteiger partial charge < -0.3 is 20.2 Å². The molecule has 6 heteroatoms. The van der Waals surface area contributed by atoms with Crippen LogP contribution in [0.4, 0.5) is 4.79 Å². The highest BCUT2D eigenvalue weighted by Crippen LogP contribution is 2.24. The van der Waals surface area contributed by atoms with Crippen LogP contribution >= 0.6 is 0 Å². The van der Waals surface area contributed by atoms with Crippen LogP contribution in [0.5, 0.6) is 0 Å². The summed E-state index contributed by atoms with van der Waals surface area (Å²) in [5.74, 6) is -0.768. The van der Waals surface area contributed by atoms with E-state index in [0.717, 1.165) is 13.0 Å². The summed E-state index contributed by atoms with van der Waals surface area (Å²) in [5.41, 5.74) is 0. The van der Waals surface area contributed by atoms with Crippen LogP contribution in [-0.2, 0) is 4.79 Å². The molecule has 0 spiro atoms. The molecule has 0 aromatic carbocycles. The van der Waals surface area contributed by atoms with E-state index in [-0.39, 0.29) is 18.1 Å². The molecule has 0 bridgehead atoms. The van der Waals surface area contributed by atoms with Crippen molar-refractivity contribution >= 4 is 12.0 Å². The van der Waals surface area contributed by atoms with Gasteiger partial charge in [-0.15, -0.1) is 0 Å². The second-order valence-corrected chi connectivity index (χ2v) is 6.71. The molecule has 1 aliphatic rings. The second kappa shape index (κ2) is 7.64. The maximum atomic E-state index is 12.4. The maximum absolute atomic E-state index is 12.4. The van der Waals surface area contributed by atoms with Gasteiger partial charge in [-0.2, -0.15) is 0 Å². The van der Waals surface area contributed by atoms with Crippen molar-refractivity contribution in [3.63, 3.8) is 0 Å². The number of carboxylic acid groups (broad SMARTS) is 1. The molecular formula is C15H29N3O3. The number of likely N-dealkylation sites (N-methyl/N-ethyl adjacent to an activating group) is 1. The van der Waals surface area contributed by atoms with Gasteiger partial charge in [-0.25, -0.2) is 4.79 Å². The molecule has 0 aliphatic carbocycles. The van der Waals surface area contributed by atoms with E-state index >= 15 is 0 Å². The third-order valence-corrected chi connectivity index (χ3v) is 4.00. The second-order valence-electron chi connectivity index (χ2n) is 6.71. The van der Waals surface area contributed by atoms with Gasteiger partial charge >= 0.3 is 12.0 Å². The fourth-order valence-electron chi connectivity index (χ4n) is 3.00. The monoisotopic (exact) mass is 299 g/mol. The first kappa shape index (κ1) is 17.8. The fraction of sp³-hybridized carbons (Fsp3) is 0.867. The number of carboxylic acids is 1. The Balaban J connectivity index is 2.63. The molecule has 3 atom stereocenters. The van der Waals surface area contributed by atoms with Crippen LogP contribution in [0, 0.1) is 11.8 Å². The summed E-state index contributed by atoms with van der Waals surface area (Å²) in [6.45, 7) is 7.38. The number of carbonyl (C=O) groups is 2. The molecule has 3 unspecified atom stereocenters. The largest absolute Gasteiger partial charge is 0.481 e. The predicted molar refractivity (Wildman–Crippen MR) is 82.2 cm³/mol. The molecule has 2 N–H and O–H groups in total. The normalized spacial score (nSPS) is 23.7. The molecule has 0 radical (unpaired) electrons. The van der Waals surface area contributed by atoms with Crippen molar-refractivity contribution in [3.8, 4) is 0 Å². The number of hydrogen-bond donors (Lipinski definition) is 2. The number of rotatable bonds is 6. The molecular weight excluding hydrogens is 270 g/mol. The van der Waals surface area contributed by atoms with Crippen molar-refractivity contribution in [2.24, 2.45) is 11.8 Å². The lowest BCUT2D eigenvalue weighted by atomic mass is 10.0. The van der Waals surface area contributed by atoms with Gasteiger partial charge in [0.2, 0.25) is 0 Å². The van der Waals surface area contributed by atoms with E-state index in [1.165, 1.54) is 0 Å². The lowest BCUT2D eigenvalue weighted by Gasteiger charge is -2.29. The maximum Gasteiger partial charge on any atom is 0.317 e. The fourth-order valence-corrected chi connectivity index (χ4v) is 3.00. The van der Waals surface area contributed by atoms with Gasteiger partial charge in [-0.05, 0) is 39.8 Å². The van der Waals surface area contributed by atoms with E-state index in [9.17, 15) is 9.59 Å². The molecule has 0 saturated carbocycles. The summed E-state index contributed by atoms with van der Waals surface area (Å²) in [7, 11) is 3.97. The lowest BCUT2D eigenvalue weighted by molar-refractivity contribution is -0.142. The van der Waals surface area contributed by atoms with E-state index < -0.39 is 11.9 Å². The van der Waals surface area contributed by atoms with E-state index in [1.807, 2.05) is 21.0 Å². The Morgan fingerprint density at radius 2 is 2.00 bits per heavy atom. The Morgan fingerprint density at radius 3 is 2.43 bits per heavy atom. The van der Waals surface area contributed by atoms with Crippen molar-refractivity contribution in [3.05, 3.63) is 0 Å². The van der Waals surface area contributed by atoms with Crippen molar-refractivity contribution in [1.82, 2.24) is 15.1 Å². The Morgan fingerprint density at radius 1 is 1.38 bits per heavy atom. The highest BCUT2D eigenvalue weighted by Gasteiger charge is 2.38. The predicted octanol–water partition coefficient (Wildman–Crippen LogP) is 1.47. The first-order chi connectivity index (χ1) is 9.72. The Hall–Kier alpha value is -1.30. The van der Waals surface area contributed by atoms with Crippen LogP contribution in [0.25, 0.3) is 0 Å². The molecule has 2 amide bonds. The Bertz CT molecular complexity index is 361. The van der Waals surface area contributed by atoms with Crippen LogP contribution in [-0.4, -0.2) is 66.2 Å². The van der Waals surface area contributed by atoms with Gasteiger partial charge in [0.25, 0.3) is 0 Å². The first-order valence-electron chi connectivity index (χ1n) is 7.67. The SMILES string of the molecule is CC(C)CC(CN(C)C)NC(=O)N1CCC(C(=O)O)C1C. The van der Waals surface area contributed by atoms with Gasteiger partial charge in [-0.3, -0.25) is 4.79 Å². The highest BCUT2D eigenvalue weighted by molar-refractivity contribution is 5.78. The summed E-state index contributed by atoms with van der Waals surface area (Å²) in [6.07, 6.45) is 1.45. The van der Waals surface area contributed by atoms with Crippen LogP contribution < -0.4 is 5.32 Å². The zero-order valence-corrected chi connectivity index (χ0v) is 13.8. The summed E-state index contributed by atoms with van der Waals surface area (Å²) in [6, 6.07) is -0.302. The van der Waals surface area contributed by atoms with Gasteiger partial charge in [0.05, 0.1) is 5.92 Å². The van der Waals surface area contributed by atoms with Gasteiger partial charge in [-0.1, -0.05) is 13.8 Å². The molecule has 1 saturated heterocycles. The van der Waals surface area contributed by atoms with Crippen molar-refractivity contribution < 1.29 is 14.7 Å². The minimum absolute atomic E-state index is 0.0866. The molecule has 1 heterocycles. The van der Waals surface area contributed by atoms with Crippen molar-refractivity contribution in [1.29, 1.82) is 0 Å². The van der Waals surface area contributed by atoms with E-state index in [4.69, 9.17) is 5.11 Å². The van der Waals surface area contributed by atoms with Gasteiger partial charge in [0.15, 0.2) is 0 Å². The molecule has 1 rings (SSSR count). The molecule has 122 valence electrons. The summed E-state index contributed by atoms with van der Waals surface area (Å²) < 4.78 is 0. The minimum atomic E-state index is -0.815. The quantitative estimate of drug-likeness (QED) is 0.779. The van der Waals surface area contributed by atoms with E-state index in [0.29, 0.717) is 18.9 Å². The average Bonchev–Trinajstić information content (AvgIpc) is 2.69. The standard InChI is InChI=1S/C15H29N3O3/c1-10(2)8-12(9-17(4)5)16-15(21)18-7-6-13(11(18)3)14(19)20/h10-13H,6-9H2,1-5H3,(H,16,21)(H,19,20). The number of carbonyl (C=O) groups excluding carboxylic acids is 1. The molecule has 6 nitrogen and oxygen atoms in total. The number of urea groups is 1.